The molecule has 1 saturated carbocycles. The van der Waals surface area contributed by atoms with Gasteiger partial charge in [-0.15, -0.1) is 0 Å². The number of aliphatic imine (C=N–C) groups is 1. The van der Waals surface area contributed by atoms with Gasteiger partial charge < -0.3 is 5.11 Å². The molecule has 2 nitrogen and oxygen atoms in total. The number of rotatable bonds is 2. The maximum atomic E-state index is 10.1. The standard InChI is InChI=1S/C19H29NO/c1-13-10-14(2)18(21)15(11-13)12-20-17-8-6-16(7-9-17)19(3,4)5/h10-12,16-17,21H,6-9H2,1-5H3. The van der Waals surface area contributed by atoms with E-state index in [1.807, 2.05) is 25.3 Å². The molecule has 0 bridgehead atoms. The second kappa shape index (κ2) is 6.21. The number of phenols is 1. The molecule has 21 heavy (non-hydrogen) atoms. The molecule has 1 N–H and O–H groups in total. The van der Waals surface area contributed by atoms with E-state index in [0.29, 0.717) is 17.2 Å². The van der Waals surface area contributed by atoms with Gasteiger partial charge in [-0.1, -0.05) is 26.8 Å². The Kier molecular flexibility index (Phi) is 4.75. The summed E-state index contributed by atoms with van der Waals surface area (Å²) in [5, 5.41) is 10.1. The van der Waals surface area contributed by atoms with Gasteiger partial charge in [0, 0.05) is 17.8 Å². The number of phenolic OH excluding ortho intramolecular Hbond substituents is 1. The van der Waals surface area contributed by atoms with Crippen LogP contribution in [-0.4, -0.2) is 17.4 Å². The van der Waals surface area contributed by atoms with Crippen LogP contribution in [0.2, 0.25) is 0 Å². The van der Waals surface area contributed by atoms with Gasteiger partial charge in [-0.2, -0.15) is 0 Å². The van der Waals surface area contributed by atoms with Crippen LogP contribution in [-0.2, 0) is 0 Å². The fraction of sp³-hybridized carbons (Fsp3) is 0.632. The number of hydrogen-bond acceptors (Lipinski definition) is 2. The van der Waals surface area contributed by atoms with E-state index >= 15 is 0 Å². The average Bonchev–Trinajstić information content (AvgIpc) is 2.40. The lowest BCUT2D eigenvalue weighted by atomic mass is 9.71. The molecule has 0 spiro atoms. The third-order valence-electron chi connectivity index (χ3n) is 4.82. The van der Waals surface area contributed by atoms with E-state index in [4.69, 9.17) is 4.99 Å². The number of aryl methyl sites for hydroxylation is 2. The van der Waals surface area contributed by atoms with Gasteiger partial charge in [-0.3, -0.25) is 4.99 Å². The van der Waals surface area contributed by atoms with Crippen molar-refractivity contribution in [2.45, 2.75) is 66.3 Å². The van der Waals surface area contributed by atoms with Gasteiger partial charge in [0.2, 0.25) is 0 Å². The molecule has 1 aromatic rings. The summed E-state index contributed by atoms with van der Waals surface area (Å²) in [5.74, 6) is 1.19. The molecule has 1 aromatic carbocycles. The van der Waals surface area contributed by atoms with Crippen LogP contribution in [0.3, 0.4) is 0 Å². The summed E-state index contributed by atoms with van der Waals surface area (Å²) in [6, 6.07) is 4.43. The van der Waals surface area contributed by atoms with Crippen molar-refractivity contribution in [1.82, 2.24) is 0 Å². The van der Waals surface area contributed by atoms with Crippen LogP contribution in [0.25, 0.3) is 0 Å². The molecule has 0 atom stereocenters. The summed E-state index contributed by atoms with van der Waals surface area (Å²) >= 11 is 0. The molecule has 1 aliphatic carbocycles. The fourth-order valence-corrected chi connectivity index (χ4v) is 3.37. The SMILES string of the molecule is Cc1cc(C)c(O)c(C=NC2CCC(C(C)(C)C)CC2)c1. The predicted octanol–water partition coefficient (Wildman–Crippen LogP) is 5.03. The molecule has 0 radical (unpaired) electrons. The molecular formula is C19H29NO. The van der Waals surface area contributed by atoms with Gasteiger partial charge in [0.25, 0.3) is 0 Å². The zero-order chi connectivity index (χ0) is 15.6. The number of hydrogen-bond donors (Lipinski definition) is 1. The first kappa shape index (κ1) is 16.1. The molecule has 1 aliphatic rings. The summed E-state index contributed by atoms with van der Waals surface area (Å²) in [4.78, 5) is 4.73. The van der Waals surface area contributed by atoms with Crippen LogP contribution in [0.4, 0.5) is 0 Å². The average molecular weight is 287 g/mol. The molecule has 116 valence electrons. The number of aromatic hydroxyl groups is 1. The second-order valence-electron chi connectivity index (χ2n) is 7.67. The molecule has 0 aromatic heterocycles. The van der Waals surface area contributed by atoms with Crippen molar-refractivity contribution in [3.8, 4) is 5.75 Å². The van der Waals surface area contributed by atoms with Crippen molar-refractivity contribution in [3.63, 3.8) is 0 Å². The van der Waals surface area contributed by atoms with Crippen molar-refractivity contribution >= 4 is 6.21 Å². The fourth-order valence-electron chi connectivity index (χ4n) is 3.37. The van der Waals surface area contributed by atoms with E-state index in [2.05, 4.69) is 27.7 Å². The highest BCUT2D eigenvalue weighted by Gasteiger charge is 2.29. The Balaban J connectivity index is 2.01. The zero-order valence-corrected chi connectivity index (χ0v) is 14.1. The van der Waals surface area contributed by atoms with Crippen molar-refractivity contribution < 1.29 is 5.11 Å². The molecule has 0 saturated heterocycles. The molecule has 0 amide bonds. The lowest BCUT2D eigenvalue weighted by Gasteiger charge is -2.35. The first-order valence-corrected chi connectivity index (χ1v) is 8.11. The third kappa shape index (κ3) is 4.09. The van der Waals surface area contributed by atoms with Crippen molar-refractivity contribution in [1.29, 1.82) is 0 Å². The Morgan fingerprint density at radius 1 is 1.10 bits per heavy atom. The summed E-state index contributed by atoms with van der Waals surface area (Å²) in [6.07, 6.45) is 6.75. The van der Waals surface area contributed by atoms with Crippen molar-refractivity contribution in [2.75, 3.05) is 0 Å². The summed E-state index contributed by atoms with van der Waals surface area (Å²) in [5.41, 5.74) is 3.36. The zero-order valence-electron chi connectivity index (χ0n) is 14.1. The monoisotopic (exact) mass is 287 g/mol. The minimum absolute atomic E-state index is 0.368. The van der Waals surface area contributed by atoms with Gasteiger partial charge in [0.15, 0.2) is 0 Å². The number of benzene rings is 1. The quantitative estimate of drug-likeness (QED) is 0.760. The maximum Gasteiger partial charge on any atom is 0.127 e. The van der Waals surface area contributed by atoms with Crippen LogP contribution >= 0.6 is 0 Å². The normalized spacial score (nSPS) is 23.7. The molecular weight excluding hydrogens is 258 g/mol. The second-order valence-corrected chi connectivity index (χ2v) is 7.67. The largest absolute Gasteiger partial charge is 0.507 e. The van der Waals surface area contributed by atoms with Crippen LogP contribution < -0.4 is 0 Å². The highest BCUT2D eigenvalue weighted by Crippen LogP contribution is 2.38. The van der Waals surface area contributed by atoms with E-state index in [9.17, 15) is 5.11 Å². The van der Waals surface area contributed by atoms with E-state index < -0.39 is 0 Å². The Labute approximate surface area is 129 Å². The van der Waals surface area contributed by atoms with E-state index in [0.717, 1.165) is 17.0 Å². The number of nitrogens with zero attached hydrogens (tertiary/aromatic N) is 1. The van der Waals surface area contributed by atoms with Gasteiger partial charge >= 0.3 is 0 Å². The van der Waals surface area contributed by atoms with Gasteiger partial charge in [0.05, 0.1) is 0 Å². The Hall–Kier alpha value is -1.31. The summed E-state index contributed by atoms with van der Waals surface area (Å²) < 4.78 is 0. The Bertz CT molecular complexity index is 517. The van der Waals surface area contributed by atoms with Crippen LogP contribution in [0.1, 0.15) is 63.1 Å². The first-order valence-electron chi connectivity index (χ1n) is 8.11. The minimum atomic E-state index is 0.368. The van der Waals surface area contributed by atoms with Crippen LogP contribution in [0, 0.1) is 25.2 Å². The molecule has 0 heterocycles. The summed E-state index contributed by atoms with van der Waals surface area (Å²) in [7, 11) is 0. The highest BCUT2D eigenvalue weighted by atomic mass is 16.3. The third-order valence-corrected chi connectivity index (χ3v) is 4.82. The lowest BCUT2D eigenvalue weighted by Crippen LogP contribution is -2.27. The van der Waals surface area contributed by atoms with E-state index in [1.54, 1.807) is 0 Å². The molecule has 2 heteroatoms. The van der Waals surface area contributed by atoms with Crippen LogP contribution in [0.5, 0.6) is 5.75 Å². The smallest absolute Gasteiger partial charge is 0.127 e. The lowest BCUT2D eigenvalue weighted by molar-refractivity contribution is 0.170. The molecule has 1 fully saturated rings. The summed E-state index contributed by atoms with van der Waals surface area (Å²) in [6.45, 7) is 11.0. The van der Waals surface area contributed by atoms with Crippen molar-refractivity contribution in [3.05, 3.63) is 28.8 Å². The minimum Gasteiger partial charge on any atom is -0.507 e. The van der Waals surface area contributed by atoms with E-state index in [-0.39, 0.29) is 0 Å². The van der Waals surface area contributed by atoms with Gasteiger partial charge in [-0.25, -0.2) is 0 Å². The predicted molar refractivity (Wildman–Crippen MR) is 90.4 cm³/mol. The first-order chi connectivity index (χ1) is 9.77. The Morgan fingerprint density at radius 3 is 2.29 bits per heavy atom. The molecule has 0 aliphatic heterocycles. The molecule has 2 rings (SSSR count). The maximum absolute atomic E-state index is 10.1. The van der Waals surface area contributed by atoms with Gasteiger partial charge in [-0.05, 0) is 68.1 Å². The van der Waals surface area contributed by atoms with Crippen LogP contribution in [0.15, 0.2) is 17.1 Å². The topological polar surface area (TPSA) is 32.6 Å². The van der Waals surface area contributed by atoms with Gasteiger partial charge in [0.1, 0.15) is 5.75 Å². The van der Waals surface area contributed by atoms with E-state index in [1.165, 1.54) is 31.2 Å². The highest BCUT2D eigenvalue weighted by molar-refractivity contribution is 5.84. The Morgan fingerprint density at radius 2 is 1.71 bits per heavy atom. The van der Waals surface area contributed by atoms with Crippen molar-refractivity contribution in [2.24, 2.45) is 16.3 Å². The molecule has 0 unspecified atom stereocenters.